The molecule has 0 radical (unpaired) electrons. The molecule has 0 unspecified atom stereocenters. The molecule has 0 aliphatic heterocycles. The SMILES string of the molecule is CCCc1nc(NCC)c(C)c(-c2ccc(C)s2)n1. The number of hydrogen-bond donors (Lipinski definition) is 1. The maximum atomic E-state index is 4.75. The Morgan fingerprint density at radius 2 is 1.95 bits per heavy atom. The average molecular weight is 275 g/mol. The van der Waals surface area contributed by atoms with Gasteiger partial charge >= 0.3 is 0 Å². The lowest BCUT2D eigenvalue weighted by Crippen LogP contribution is -2.07. The van der Waals surface area contributed by atoms with Crippen LogP contribution in [0, 0.1) is 13.8 Å². The van der Waals surface area contributed by atoms with Gasteiger partial charge in [0, 0.05) is 23.4 Å². The van der Waals surface area contributed by atoms with Crippen LogP contribution in [0.5, 0.6) is 0 Å². The highest BCUT2D eigenvalue weighted by Crippen LogP contribution is 2.31. The van der Waals surface area contributed by atoms with Crippen LogP contribution >= 0.6 is 11.3 Å². The summed E-state index contributed by atoms with van der Waals surface area (Å²) in [5.41, 5.74) is 2.22. The first kappa shape index (κ1) is 14.0. The standard InChI is InChI=1S/C15H21N3S/c1-5-7-13-17-14(12-9-8-10(3)19-12)11(4)15(18-13)16-6-2/h8-9H,5-7H2,1-4H3,(H,16,17,18). The highest BCUT2D eigenvalue weighted by molar-refractivity contribution is 7.15. The van der Waals surface area contributed by atoms with E-state index in [2.05, 4.69) is 50.1 Å². The Balaban J connectivity index is 2.51. The quantitative estimate of drug-likeness (QED) is 0.888. The van der Waals surface area contributed by atoms with Gasteiger partial charge in [0.2, 0.25) is 0 Å². The molecule has 2 aromatic rings. The van der Waals surface area contributed by atoms with Gasteiger partial charge in [-0.15, -0.1) is 11.3 Å². The second kappa shape index (κ2) is 6.15. The largest absolute Gasteiger partial charge is 0.370 e. The van der Waals surface area contributed by atoms with Crippen LogP contribution in [0.3, 0.4) is 0 Å². The van der Waals surface area contributed by atoms with Gasteiger partial charge in [-0.3, -0.25) is 0 Å². The zero-order valence-corrected chi connectivity index (χ0v) is 12.9. The molecule has 4 heteroatoms. The van der Waals surface area contributed by atoms with Crippen molar-refractivity contribution in [3.63, 3.8) is 0 Å². The molecule has 2 rings (SSSR count). The number of hydrogen-bond acceptors (Lipinski definition) is 4. The Bertz CT molecular complexity index is 561. The molecule has 2 aromatic heterocycles. The van der Waals surface area contributed by atoms with Crippen LogP contribution in [0.15, 0.2) is 12.1 Å². The second-order valence-electron chi connectivity index (χ2n) is 4.65. The molecule has 0 aliphatic rings. The first-order chi connectivity index (χ1) is 9.15. The van der Waals surface area contributed by atoms with Gasteiger partial charge in [-0.2, -0.15) is 0 Å². The Morgan fingerprint density at radius 1 is 1.16 bits per heavy atom. The van der Waals surface area contributed by atoms with Crippen molar-refractivity contribution in [2.24, 2.45) is 0 Å². The minimum Gasteiger partial charge on any atom is -0.370 e. The fourth-order valence-electron chi connectivity index (χ4n) is 2.04. The van der Waals surface area contributed by atoms with Crippen molar-refractivity contribution in [1.29, 1.82) is 0 Å². The van der Waals surface area contributed by atoms with Crippen LogP contribution in [-0.4, -0.2) is 16.5 Å². The maximum absolute atomic E-state index is 4.75. The van der Waals surface area contributed by atoms with E-state index in [4.69, 9.17) is 4.98 Å². The zero-order valence-electron chi connectivity index (χ0n) is 12.1. The van der Waals surface area contributed by atoms with Crippen LogP contribution < -0.4 is 5.32 Å². The summed E-state index contributed by atoms with van der Waals surface area (Å²) < 4.78 is 0. The van der Waals surface area contributed by atoms with Crippen molar-refractivity contribution in [3.05, 3.63) is 28.4 Å². The summed E-state index contributed by atoms with van der Waals surface area (Å²) in [6.07, 6.45) is 1.99. The number of aromatic nitrogens is 2. The molecule has 102 valence electrons. The summed E-state index contributed by atoms with van der Waals surface area (Å²) in [4.78, 5) is 11.9. The predicted octanol–water partition coefficient (Wildman–Crippen LogP) is 4.21. The summed E-state index contributed by atoms with van der Waals surface area (Å²) in [6.45, 7) is 9.36. The Morgan fingerprint density at radius 3 is 2.53 bits per heavy atom. The van der Waals surface area contributed by atoms with E-state index < -0.39 is 0 Å². The van der Waals surface area contributed by atoms with Crippen LogP contribution in [0.2, 0.25) is 0 Å². The van der Waals surface area contributed by atoms with E-state index in [1.165, 1.54) is 9.75 Å². The Hall–Kier alpha value is -1.42. The molecule has 0 amide bonds. The average Bonchev–Trinajstić information content (AvgIpc) is 2.80. The van der Waals surface area contributed by atoms with Crippen molar-refractivity contribution >= 4 is 17.2 Å². The van der Waals surface area contributed by atoms with Gasteiger partial charge in [-0.25, -0.2) is 9.97 Å². The molecular weight excluding hydrogens is 254 g/mol. The predicted molar refractivity (Wildman–Crippen MR) is 83.0 cm³/mol. The number of nitrogens with zero attached hydrogens (tertiary/aromatic N) is 2. The van der Waals surface area contributed by atoms with Gasteiger partial charge in [0.15, 0.2) is 0 Å². The first-order valence-corrected chi connectivity index (χ1v) is 7.65. The minimum absolute atomic E-state index is 0.881. The normalized spacial score (nSPS) is 10.7. The van der Waals surface area contributed by atoms with Gasteiger partial charge in [-0.1, -0.05) is 6.92 Å². The Kier molecular flexibility index (Phi) is 4.53. The van der Waals surface area contributed by atoms with E-state index in [1.54, 1.807) is 11.3 Å². The lowest BCUT2D eigenvalue weighted by atomic mass is 10.2. The third kappa shape index (κ3) is 3.13. The van der Waals surface area contributed by atoms with Crippen LogP contribution in [0.1, 0.15) is 36.5 Å². The highest BCUT2D eigenvalue weighted by Gasteiger charge is 2.13. The van der Waals surface area contributed by atoms with E-state index in [0.29, 0.717) is 0 Å². The van der Waals surface area contributed by atoms with Crippen molar-refractivity contribution in [2.75, 3.05) is 11.9 Å². The lowest BCUT2D eigenvalue weighted by Gasteiger charge is -2.12. The minimum atomic E-state index is 0.881. The molecule has 0 aliphatic carbocycles. The fraction of sp³-hybridized carbons (Fsp3) is 0.467. The van der Waals surface area contributed by atoms with Crippen molar-refractivity contribution < 1.29 is 0 Å². The van der Waals surface area contributed by atoms with Crippen LogP contribution in [-0.2, 0) is 6.42 Å². The van der Waals surface area contributed by atoms with Crippen molar-refractivity contribution in [2.45, 2.75) is 40.5 Å². The molecule has 19 heavy (non-hydrogen) atoms. The van der Waals surface area contributed by atoms with Gasteiger partial charge in [0.1, 0.15) is 11.6 Å². The molecule has 0 aromatic carbocycles. The summed E-state index contributed by atoms with van der Waals surface area (Å²) in [7, 11) is 0. The van der Waals surface area contributed by atoms with E-state index in [9.17, 15) is 0 Å². The number of anilines is 1. The lowest BCUT2D eigenvalue weighted by molar-refractivity contribution is 0.833. The molecule has 0 atom stereocenters. The second-order valence-corrected chi connectivity index (χ2v) is 5.94. The molecular formula is C15H21N3S. The third-order valence-electron chi connectivity index (χ3n) is 2.98. The van der Waals surface area contributed by atoms with Crippen molar-refractivity contribution in [1.82, 2.24) is 9.97 Å². The molecule has 0 fully saturated rings. The molecule has 0 spiro atoms. The molecule has 1 N–H and O–H groups in total. The van der Waals surface area contributed by atoms with E-state index >= 15 is 0 Å². The number of aryl methyl sites for hydroxylation is 2. The number of rotatable bonds is 5. The van der Waals surface area contributed by atoms with Gasteiger partial charge in [-0.05, 0) is 39.3 Å². The van der Waals surface area contributed by atoms with Crippen molar-refractivity contribution in [3.8, 4) is 10.6 Å². The van der Waals surface area contributed by atoms with Gasteiger partial charge < -0.3 is 5.32 Å². The number of nitrogens with one attached hydrogen (secondary N) is 1. The van der Waals surface area contributed by atoms with E-state index in [0.717, 1.165) is 42.3 Å². The smallest absolute Gasteiger partial charge is 0.133 e. The summed E-state index contributed by atoms with van der Waals surface area (Å²) in [5.74, 6) is 1.91. The summed E-state index contributed by atoms with van der Waals surface area (Å²) in [6, 6.07) is 4.30. The summed E-state index contributed by atoms with van der Waals surface area (Å²) in [5, 5.41) is 3.35. The highest BCUT2D eigenvalue weighted by atomic mass is 32.1. The molecule has 2 heterocycles. The van der Waals surface area contributed by atoms with E-state index in [-0.39, 0.29) is 0 Å². The van der Waals surface area contributed by atoms with E-state index in [1.807, 2.05) is 0 Å². The molecule has 3 nitrogen and oxygen atoms in total. The Labute approximate surface area is 119 Å². The third-order valence-corrected chi connectivity index (χ3v) is 3.99. The molecule has 0 bridgehead atoms. The maximum Gasteiger partial charge on any atom is 0.133 e. The molecule has 0 saturated heterocycles. The summed E-state index contributed by atoms with van der Waals surface area (Å²) >= 11 is 1.79. The zero-order chi connectivity index (χ0) is 13.8. The fourth-order valence-corrected chi connectivity index (χ4v) is 2.95. The van der Waals surface area contributed by atoms with Crippen LogP contribution in [0.4, 0.5) is 5.82 Å². The first-order valence-electron chi connectivity index (χ1n) is 6.83. The van der Waals surface area contributed by atoms with Gasteiger partial charge in [0.05, 0.1) is 10.6 Å². The number of thiophene rings is 1. The molecule has 0 saturated carbocycles. The monoisotopic (exact) mass is 275 g/mol. The van der Waals surface area contributed by atoms with Crippen LogP contribution in [0.25, 0.3) is 10.6 Å². The topological polar surface area (TPSA) is 37.8 Å². The van der Waals surface area contributed by atoms with Gasteiger partial charge in [0.25, 0.3) is 0 Å².